The Hall–Kier alpha value is -2.48. The van der Waals surface area contributed by atoms with Gasteiger partial charge in [-0.05, 0) is 18.6 Å². The number of aldehydes is 1. The molecule has 2 nitrogen and oxygen atoms in total. The van der Waals surface area contributed by atoms with Gasteiger partial charge in [0.15, 0.2) is 5.78 Å². The van der Waals surface area contributed by atoms with Crippen molar-refractivity contribution in [3.8, 4) is 0 Å². The lowest BCUT2D eigenvalue weighted by molar-refractivity contribution is -0.104. The molecular formula is C18H20O2. The monoisotopic (exact) mass is 268 g/mol. The van der Waals surface area contributed by atoms with Gasteiger partial charge >= 0.3 is 0 Å². The molecule has 1 rings (SSSR count). The Morgan fingerprint density at radius 3 is 2.35 bits per heavy atom. The van der Waals surface area contributed by atoms with Crippen molar-refractivity contribution in [2.24, 2.45) is 0 Å². The Morgan fingerprint density at radius 2 is 1.85 bits per heavy atom. The number of benzene rings is 1. The fourth-order valence-corrected chi connectivity index (χ4v) is 1.58. The van der Waals surface area contributed by atoms with Gasteiger partial charge in [0.25, 0.3) is 0 Å². The van der Waals surface area contributed by atoms with E-state index < -0.39 is 0 Å². The molecule has 0 aliphatic rings. The van der Waals surface area contributed by atoms with Crippen LogP contribution in [-0.2, 0) is 4.79 Å². The molecule has 0 N–H and O–H groups in total. The second-order valence-electron chi connectivity index (χ2n) is 3.80. The van der Waals surface area contributed by atoms with Crippen LogP contribution in [0.5, 0.6) is 0 Å². The van der Waals surface area contributed by atoms with Gasteiger partial charge in [0.1, 0.15) is 6.29 Å². The maximum atomic E-state index is 12.2. The number of carbonyl (C=O) groups is 2. The van der Waals surface area contributed by atoms with Crippen molar-refractivity contribution in [2.45, 2.75) is 14.4 Å². The summed E-state index contributed by atoms with van der Waals surface area (Å²) >= 11 is 0. The highest BCUT2D eigenvalue weighted by atomic mass is 16.1. The molecule has 2 heteroatoms. The van der Waals surface area contributed by atoms with E-state index >= 15 is 0 Å². The van der Waals surface area contributed by atoms with E-state index in [4.69, 9.17) is 0 Å². The van der Waals surface area contributed by atoms with E-state index in [0.717, 1.165) is 11.8 Å². The average Bonchev–Trinajstić information content (AvgIpc) is 2.44. The van der Waals surface area contributed by atoms with Crippen molar-refractivity contribution >= 4 is 18.1 Å². The Labute approximate surface area is 120 Å². The Balaban J connectivity index is 0.00000361. The Kier molecular flexibility index (Phi) is 8.28. The third-order valence-corrected chi connectivity index (χ3v) is 2.45. The normalized spacial score (nSPS) is 11.3. The van der Waals surface area contributed by atoms with Gasteiger partial charge in [0.2, 0.25) is 0 Å². The molecule has 20 heavy (non-hydrogen) atoms. The minimum absolute atomic E-state index is 0. The molecule has 0 aliphatic carbocycles. The molecule has 0 amide bonds. The summed E-state index contributed by atoms with van der Waals surface area (Å²) in [6, 6.07) is 7.09. The zero-order valence-electron chi connectivity index (χ0n) is 10.9. The molecule has 0 saturated heterocycles. The Morgan fingerprint density at radius 1 is 1.20 bits per heavy atom. The molecule has 0 atom stereocenters. The van der Waals surface area contributed by atoms with Gasteiger partial charge < -0.3 is 0 Å². The first kappa shape index (κ1) is 17.5. The summed E-state index contributed by atoms with van der Waals surface area (Å²) in [7, 11) is 0. The molecule has 0 fully saturated rings. The first-order valence-electron chi connectivity index (χ1n) is 5.95. The molecule has 0 spiro atoms. The molecule has 0 radical (unpaired) electrons. The maximum absolute atomic E-state index is 12.2. The number of rotatable bonds is 6. The van der Waals surface area contributed by atoms with Gasteiger partial charge in [0, 0.05) is 11.1 Å². The van der Waals surface area contributed by atoms with Crippen molar-refractivity contribution in [3.63, 3.8) is 0 Å². The van der Waals surface area contributed by atoms with E-state index in [1.165, 1.54) is 6.08 Å². The van der Waals surface area contributed by atoms with Crippen LogP contribution in [0.15, 0.2) is 66.8 Å². The number of hydrogen-bond acceptors (Lipinski definition) is 2. The lowest BCUT2D eigenvalue weighted by Gasteiger charge is -2.02. The molecule has 0 unspecified atom stereocenters. The molecule has 104 valence electrons. The van der Waals surface area contributed by atoms with Crippen LogP contribution >= 0.6 is 0 Å². The van der Waals surface area contributed by atoms with Gasteiger partial charge in [-0.1, -0.05) is 68.7 Å². The largest absolute Gasteiger partial charge is 0.299 e. The van der Waals surface area contributed by atoms with Crippen molar-refractivity contribution < 1.29 is 9.59 Å². The highest BCUT2D eigenvalue weighted by Gasteiger charge is 2.08. The summed E-state index contributed by atoms with van der Waals surface area (Å²) in [5.41, 5.74) is 2.08. The van der Waals surface area contributed by atoms with E-state index in [1.807, 2.05) is 13.0 Å². The van der Waals surface area contributed by atoms with E-state index in [0.29, 0.717) is 11.1 Å². The SMILES string of the molecule is C.C=C/C=C(\C=C/C)C(=O)c1ccc(/C=C/C=O)cc1. The van der Waals surface area contributed by atoms with Crippen LogP contribution in [0.3, 0.4) is 0 Å². The molecule has 0 aromatic heterocycles. The highest BCUT2D eigenvalue weighted by Crippen LogP contribution is 2.12. The quantitative estimate of drug-likeness (QED) is 0.331. The summed E-state index contributed by atoms with van der Waals surface area (Å²) in [6.45, 7) is 5.46. The van der Waals surface area contributed by atoms with Gasteiger partial charge in [-0.2, -0.15) is 0 Å². The van der Waals surface area contributed by atoms with E-state index in [2.05, 4.69) is 6.58 Å². The van der Waals surface area contributed by atoms with Crippen LogP contribution in [-0.4, -0.2) is 12.1 Å². The van der Waals surface area contributed by atoms with E-state index in [9.17, 15) is 9.59 Å². The number of hydrogen-bond donors (Lipinski definition) is 0. The third-order valence-electron chi connectivity index (χ3n) is 2.45. The van der Waals surface area contributed by atoms with Crippen LogP contribution in [0.25, 0.3) is 6.08 Å². The maximum Gasteiger partial charge on any atom is 0.193 e. The summed E-state index contributed by atoms with van der Waals surface area (Å²) in [5.74, 6) is -0.0519. The molecular weight excluding hydrogens is 248 g/mol. The minimum Gasteiger partial charge on any atom is -0.299 e. The molecule has 0 saturated carbocycles. The van der Waals surface area contributed by atoms with Crippen LogP contribution in [0.1, 0.15) is 30.3 Å². The predicted molar refractivity (Wildman–Crippen MR) is 85.7 cm³/mol. The van der Waals surface area contributed by atoms with Crippen LogP contribution < -0.4 is 0 Å². The van der Waals surface area contributed by atoms with Crippen molar-refractivity contribution in [1.29, 1.82) is 0 Å². The van der Waals surface area contributed by atoms with Gasteiger partial charge in [0.05, 0.1) is 0 Å². The van der Waals surface area contributed by atoms with Crippen molar-refractivity contribution in [1.82, 2.24) is 0 Å². The lowest BCUT2D eigenvalue weighted by Crippen LogP contribution is -2.01. The zero-order chi connectivity index (χ0) is 14.1. The summed E-state index contributed by atoms with van der Waals surface area (Å²) in [4.78, 5) is 22.4. The smallest absolute Gasteiger partial charge is 0.193 e. The highest BCUT2D eigenvalue weighted by molar-refractivity contribution is 6.10. The molecule has 1 aromatic carbocycles. The zero-order valence-corrected chi connectivity index (χ0v) is 10.9. The molecule has 0 aliphatic heterocycles. The number of Topliss-reactive ketones (excluding diaryl/α,β-unsaturated/α-hetero) is 1. The van der Waals surface area contributed by atoms with Gasteiger partial charge in [-0.3, -0.25) is 9.59 Å². The lowest BCUT2D eigenvalue weighted by atomic mass is 10.0. The van der Waals surface area contributed by atoms with Crippen LogP contribution in [0, 0.1) is 0 Å². The first-order valence-corrected chi connectivity index (χ1v) is 5.95. The number of carbonyl (C=O) groups excluding carboxylic acids is 2. The molecule has 0 bridgehead atoms. The average molecular weight is 268 g/mol. The standard InChI is InChI=1S/C17H16O2.CH4/c1-3-6-15(7-4-2)17(19)16-11-9-14(10-12-16)8-5-13-18;/h3-13H,1H2,2H3;1H4/b7-4-,8-5+,15-6+;. The fourth-order valence-electron chi connectivity index (χ4n) is 1.58. The summed E-state index contributed by atoms with van der Waals surface area (Å²) in [5, 5.41) is 0. The molecule has 0 heterocycles. The third kappa shape index (κ3) is 5.02. The number of ketones is 1. The fraction of sp³-hybridized carbons (Fsp3) is 0.111. The Bertz CT molecular complexity index is 543. The second kappa shape index (κ2) is 9.45. The molecule has 1 aromatic rings. The first-order chi connectivity index (χ1) is 9.22. The number of allylic oxidation sites excluding steroid dienone is 6. The summed E-state index contributed by atoms with van der Waals surface area (Å²) in [6.07, 6.45) is 10.7. The second-order valence-corrected chi connectivity index (χ2v) is 3.80. The van der Waals surface area contributed by atoms with Gasteiger partial charge in [-0.25, -0.2) is 0 Å². The minimum atomic E-state index is -0.0519. The topological polar surface area (TPSA) is 34.1 Å². The van der Waals surface area contributed by atoms with Crippen molar-refractivity contribution in [2.75, 3.05) is 0 Å². The van der Waals surface area contributed by atoms with E-state index in [1.54, 1.807) is 48.6 Å². The van der Waals surface area contributed by atoms with Crippen LogP contribution in [0.2, 0.25) is 0 Å². The summed E-state index contributed by atoms with van der Waals surface area (Å²) < 4.78 is 0. The van der Waals surface area contributed by atoms with Crippen molar-refractivity contribution in [3.05, 3.63) is 77.9 Å². The van der Waals surface area contributed by atoms with Crippen LogP contribution in [0.4, 0.5) is 0 Å². The van der Waals surface area contributed by atoms with Gasteiger partial charge in [-0.15, -0.1) is 0 Å². The predicted octanol–water partition coefficient (Wildman–Crippen LogP) is 4.41. The van der Waals surface area contributed by atoms with E-state index in [-0.39, 0.29) is 13.2 Å².